The lowest BCUT2D eigenvalue weighted by molar-refractivity contribution is 0.253. The van der Waals surface area contributed by atoms with Gasteiger partial charge in [-0.15, -0.1) is 0 Å². The van der Waals surface area contributed by atoms with E-state index in [0.29, 0.717) is 13.2 Å². The molecule has 1 aromatic heterocycles. The van der Waals surface area contributed by atoms with Crippen LogP contribution >= 0.6 is 0 Å². The molecule has 0 spiro atoms. The van der Waals surface area contributed by atoms with Gasteiger partial charge in [0.25, 0.3) is 0 Å². The molecule has 2 aromatic rings. The molecule has 0 aliphatic heterocycles. The second-order valence-electron chi connectivity index (χ2n) is 5.21. The first-order chi connectivity index (χ1) is 10.2. The molecule has 1 heterocycles. The predicted octanol–water partition coefficient (Wildman–Crippen LogP) is 1.78. The van der Waals surface area contributed by atoms with Gasteiger partial charge in [-0.2, -0.15) is 0 Å². The molecule has 0 aliphatic rings. The van der Waals surface area contributed by atoms with Gasteiger partial charge < -0.3 is 15.0 Å². The quantitative estimate of drug-likeness (QED) is 0.752. The van der Waals surface area contributed by atoms with Crippen molar-refractivity contribution < 1.29 is 4.74 Å². The maximum atomic E-state index is 5.81. The number of para-hydroxylation sites is 1. The highest BCUT2D eigenvalue weighted by Crippen LogP contribution is 2.17. The molecule has 0 aliphatic carbocycles. The van der Waals surface area contributed by atoms with Crippen molar-refractivity contribution in [1.29, 1.82) is 0 Å². The second kappa shape index (κ2) is 7.81. The Balaban J connectivity index is 1.71. The second-order valence-corrected chi connectivity index (χ2v) is 5.21. The van der Waals surface area contributed by atoms with Crippen molar-refractivity contribution >= 4 is 0 Å². The lowest BCUT2D eigenvalue weighted by Crippen LogP contribution is -2.22. The molecule has 2 rings (SSSR count). The summed E-state index contributed by atoms with van der Waals surface area (Å²) < 4.78 is 7.86. The normalized spacial score (nSPS) is 11.0. The number of nitrogens with zero attached hydrogens (tertiary/aromatic N) is 3. The molecule has 5 nitrogen and oxygen atoms in total. The standard InChI is InChI=1S/C16H24N4O/c1-19(13-16-18-8-10-20(16)2)9-5-11-21-15-7-4-3-6-14(15)12-17/h3-4,6-8,10H,5,9,11-13,17H2,1-2H3. The minimum Gasteiger partial charge on any atom is -0.493 e. The summed E-state index contributed by atoms with van der Waals surface area (Å²) >= 11 is 0. The smallest absolute Gasteiger partial charge is 0.123 e. The Hall–Kier alpha value is -1.85. The molecule has 5 heteroatoms. The molecule has 2 N–H and O–H groups in total. The number of ether oxygens (including phenoxy) is 1. The van der Waals surface area contributed by atoms with Crippen LogP contribution in [0.15, 0.2) is 36.7 Å². The van der Waals surface area contributed by atoms with E-state index in [-0.39, 0.29) is 0 Å². The van der Waals surface area contributed by atoms with E-state index in [1.165, 1.54) is 0 Å². The van der Waals surface area contributed by atoms with Crippen molar-refractivity contribution in [3.05, 3.63) is 48.0 Å². The lowest BCUT2D eigenvalue weighted by Gasteiger charge is -2.17. The minimum absolute atomic E-state index is 0.509. The van der Waals surface area contributed by atoms with E-state index < -0.39 is 0 Å². The molecule has 0 fully saturated rings. The molecule has 0 saturated carbocycles. The Bertz CT molecular complexity index is 553. The SMILES string of the molecule is CN(CCCOc1ccccc1CN)Cc1nccn1C. The Morgan fingerprint density at radius 3 is 2.86 bits per heavy atom. The molecule has 0 unspecified atom stereocenters. The summed E-state index contributed by atoms with van der Waals surface area (Å²) in [7, 11) is 4.12. The molecule has 21 heavy (non-hydrogen) atoms. The fourth-order valence-corrected chi connectivity index (χ4v) is 2.20. The van der Waals surface area contributed by atoms with E-state index in [1.807, 2.05) is 48.3 Å². The highest BCUT2D eigenvalue weighted by atomic mass is 16.5. The zero-order valence-corrected chi connectivity index (χ0v) is 12.8. The van der Waals surface area contributed by atoms with Gasteiger partial charge in [0.15, 0.2) is 0 Å². The Kier molecular flexibility index (Phi) is 5.78. The number of nitrogens with two attached hydrogens (primary N) is 1. The van der Waals surface area contributed by atoms with Gasteiger partial charge in [-0.3, -0.25) is 4.90 Å². The number of aromatic nitrogens is 2. The van der Waals surface area contributed by atoms with Crippen molar-refractivity contribution in [2.24, 2.45) is 12.8 Å². The average Bonchev–Trinajstić information content (AvgIpc) is 2.89. The van der Waals surface area contributed by atoms with Gasteiger partial charge in [0.05, 0.1) is 13.2 Å². The number of rotatable bonds is 8. The van der Waals surface area contributed by atoms with Gasteiger partial charge in [-0.05, 0) is 19.5 Å². The zero-order valence-electron chi connectivity index (χ0n) is 12.8. The summed E-state index contributed by atoms with van der Waals surface area (Å²) in [5, 5.41) is 0. The predicted molar refractivity (Wildman–Crippen MR) is 84.0 cm³/mol. The van der Waals surface area contributed by atoms with E-state index in [9.17, 15) is 0 Å². The third-order valence-electron chi connectivity index (χ3n) is 3.47. The number of benzene rings is 1. The van der Waals surface area contributed by atoms with E-state index >= 15 is 0 Å². The molecule has 114 valence electrons. The van der Waals surface area contributed by atoms with Gasteiger partial charge in [-0.1, -0.05) is 18.2 Å². The first kappa shape index (κ1) is 15.5. The summed E-state index contributed by atoms with van der Waals surface area (Å²) in [5.74, 6) is 1.97. The fraction of sp³-hybridized carbons (Fsp3) is 0.438. The van der Waals surface area contributed by atoms with Crippen LogP contribution in [0, 0.1) is 0 Å². The monoisotopic (exact) mass is 288 g/mol. The number of imidazole rings is 1. The van der Waals surface area contributed by atoms with E-state index in [2.05, 4.69) is 16.9 Å². The van der Waals surface area contributed by atoms with E-state index in [4.69, 9.17) is 10.5 Å². The third-order valence-corrected chi connectivity index (χ3v) is 3.47. The van der Waals surface area contributed by atoms with Crippen molar-refractivity contribution in [2.45, 2.75) is 19.5 Å². The molecule has 0 atom stereocenters. The molecular weight excluding hydrogens is 264 g/mol. The average molecular weight is 288 g/mol. The van der Waals surface area contributed by atoms with Gasteiger partial charge in [0, 0.05) is 38.1 Å². The maximum Gasteiger partial charge on any atom is 0.123 e. The summed E-state index contributed by atoms with van der Waals surface area (Å²) in [4.78, 5) is 6.58. The van der Waals surface area contributed by atoms with Crippen molar-refractivity contribution in [3.8, 4) is 5.75 Å². The number of hydrogen-bond donors (Lipinski definition) is 1. The summed E-state index contributed by atoms with van der Waals surface area (Å²) in [6, 6.07) is 7.93. The Labute approximate surface area is 126 Å². The Morgan fingerprint density at radius 1 is 1.33 bits per heavy atom. The van der Waals surface area contributed by atoms with E-state index in [1.54, 1.807) is 0 Å². The molecule has 0 bridgehead atoms. The van der Waals surface area contributed by atoms with Crippen LogP contribution in [0.5, 0.6) is 5.75 Å². The van der Waals surface area contributed by atoms with Crippen LogP contribution in [0.1, 0.15) is 17.8 Å². The fourth-order valence-electron chi connectivity index (χ4n) is 2.20. The molecule has 1 aromatic carbocycles. The van der Waals surface area contributed by atoms with Crippen LogP contribution in [0.4, 0.5) is 0 Å². The summed E-state index contributed by atoms with van der Waals surface area (Å²) in [5.41, 5.74) is 6.75. The third kappa shape index (κ3) is 4.58. The van der Waals surface area contributed by atoms with Crippen LogP contribution in [0.2, 0.25) is 0 Å². The van der Waals surface area contributed by atoms with E-state index in [0.717, 1.165) is 36.6 Å². The van der Waals surface area contributed by atoms with Crippen molar-refractivity contribution in [3.63, 3.8) is 0 Å². The zero-order chi connectivity index (χ0) is 15.1. The minimum atomic E-state index is 0.509. The molecule has 0 saturated heterocycles. The van der Waals surface area contributed by atoms with Crippen LogP contribution in [-0.2, 0) is 20.1 Å². The van der Waals surface area contributed by atoms with Crippen LogP contribution in [0.3, 0.4) is 0 Å². The lowest BCUT2D eigenvalue weighted by atomic mass is 10.2. The summed E-state index contributed by atoms with van der Waals surface area (Å²) in [6.45, 7) is 3.03. The van der Waals surface area contributed by atoms with Crippen LogP contribution in [-0.4, -0.2) is 34.7 Å². The van der Waals surface area contributed by atoms with Crippen molar-refractivity contribution in [1.82, 2.24) is 14.5 Å². The van der Waals surface area contributed by atoms with Crippen LogP contribution < -0.4 is 10.5 Å². The highest BCUT2D eigenvalue weighted by Gasteiger charge is 2.05. The topological polar surface area (TPSA) is 56.3 Å². The van der Waals surface area contributed by atoms with Gasteiger partial charge in [-0.25, -0.2) is 4.98 Å². The maximum absolute atomic E-state index is 5.81. The first-order valence-electron chi connectivity index (χ1n) is 7.26. The van der Waals surface area contributed by atoms with Gasteiger partial charge in [0.2, 0.25) is 0 Å². The van der Waals surface area contributed by atoms with Crippen LogP contribution in [0.25, 0.3) is 0 Å². The largest absolute Gasteiger partial charge is 0.493 e. The molecule has 0 amide bonds. The van der Waals surface area contributed by atoms with Gasteiger partial charge >= 0.3 is 0 Å². The summed E-state index contributed by atoms with van der Waals surface area (Å²) in [6.07, 6.45) is 4.77. The number of hydrogen-bond acceptors (Lipinski definition) is 4. The van der Waals surface area contributed by atoms with Gasteiger partial charge in [0.1, 0.15) is 11.6 Å². The Morgan fingerprint density at radius 2 is 2.14 bits per heavy atom. The first-order valence-corrected chi connectivity index (χ1v) is 7.26. The highest BCUT2D eigenvalue weighted by molar-refractivity contribution is 5.32. The number of aryl methyl sites for hydroxylation is 1. The van der Waals surface area contributed by atoms with Crippen molar-refractivity contribution in [2.75, 3.05) is 20.2 Å². The molecule has 0 radical (unpaired) electrons. The molecular formula is C16H24N4O.